The van der Waals surface area contributed by atoms with Crippen molar-refractivity contribution in [1.29, 1.82) is 0 Å². The predicted molar refractivity (Wildman–Crippen MR) is 137 cm³/mol. The Labute approximate surface area is 225 Å². The molecule has 0 radical (unpaired) electrons. The van der Waals surface area contributed by atoms with Crippen molar-refractivity contribution in [2.45, 2.75) is 130 Å². The Hall–Kier alpha value is -1.49. The van der Waals surface area contributed by atoms with Crippen molar-refractivity contribution in [2.75, 3.05) is 13.2 Å². The Morgan fingerprint density at radius 1 is 0.486 bits per heavy atom. The van der Waals surface area contributed by atoms with Gasteiger partial charge in [0.25, 0.3) is 0 Å². The third kappa shape index (κ3) is 37.2. The SMILES string of the molecule is CCCCCCCCCCOC(=O)[CH-]C(C)=O.CCCCCCCCCCOC(=O)[CH-]C(C)=O.[Ni+2]. The maximum Gasteiger partial charge on any atom is 2.00 e. The minimum absolute atomic E-state index is 0. The zero-order valence-corrected chi connectivity index (χ0v) is 23.6. The van der Waals surface area contributed by atoms with Gasteiger partial charge in [0.1, 0.15) is 0 Å². The van der Waals surface area contributed by atoms with Crippen molar-refractivity contribution in [1.82, 2.24) is 0 Å². The van der Waals surface area contributed by atoms with Gasteiger partial charge in [-0.1, -0.05) is 104 Å². The molecule has 0 rings (SSSR count). The molecule has 0 saturated heterocycles. The Balaban J connectivity index is -0.000000569. The van der Waals surface area contributed by atoms with E-state index < -0.39 is 11.9 Å². The number of rotatable bonds is 22. The topological polar surface area (TPSA) is 86.7 Å². The molecule has 0 spiro atoms. The number of ketones is 2. The molecule has 0 aromatic carbocycles. The minimum atomic E-state index is -0.513. The second-order valence-electron chi connectivity index (χ2n) is 8.79. The molecule has 0 bridgehead atoms. The summed E-state index contributed by atoms with van der Waals surface area (Å²) in [6, 6.07) is 0. The molecule has 6 nitrogen and oxygen atoms in total. The smallest absolute Gasteiger partial charge is 0.488 e. The zero-order chi connectivity index (χ0) is 25.9. The number of Topliss-reactive ketones (excluding diaryl/α,β-unsaturated/α-hetero) is 2. The molecule has 0 unspecified atom stereocenters. The number of carbonyl (C=O) groups is 4. The molecule has 0 amide bonds. The first-order valence-corrected chi connectivity index (χ1v) is 13.4. The van der Waals surface area contributed by atoms with Gasteiger partial charge in [0.15, 0.2) is 11.9 Å². The van der Waals surface area contributed by atoms with E-state index in [1.54, 1.807) is 0 Å². The summed E-state index contributed by atoms with van der Waals surface area (Å²) in [6.45, 7) is 7.98. The van der Waals surface area contributed by atoms with E-state index in [1.807, 2.05) is 0 Å². The third-order valence-corrected chi connectivity index (χ3v) is 5.13. The molecular weight excluding hydrogens is 491 g/mol. The fraction of sp³-hybridized carbons (Fsp3) is 0.786. The molecule has 0 aliphatic carbocycles. The number of hydrogen-bond donors (Lipinski definition) is 0. The summed E-state index contributed by atoms with van der Waals surface area (Å²) < 4.78 is 9.77. The summed E-state index contributed by atoms with van der Waals surface area (Å²) in [7, 11) is 0. The van der Waals surface area contributed by atoms with Crippen molar-refractivity contribution in [2.24, 2.45) is 0 Å². The first kappa shape index (κ1) is 38.1. The number of ether oxygens (including phenoxy) is 2. The van der Waals surface area contributed by atoms with Crippen LogP contribution in [0.5, 0.6) is 0 Å². The zero-order valence-electron chi connectivity index (χ0n) is 22.6. The summed E-state index contributed by atoms with van der Waals surface area (Å²) in [4.78, 5) is 43.0. The molecule has 0 N–H and O–H groups in total. The molecule has 0 aliphatic rings. The summed E-state index contributed by atoms with van der Waals surface area (Å²) in [6.07, 6.45) is 21.4. The van der Waals surface area contributed by atoms with Crippen LogP contribution < -0.4 is 0 Å². The third-order valence-electron chi connectivity index (χ3n) is 5.13. The van der Waals surface area contributed by atoms with E-state index in [4.69, 9.17) is 9.47 Å². The quantitative estimate of drug-likeness (QED) is 0.0486. The standard InChI is InChI=1S/2C14H25O3.Ni/c2*1-3-4-5-6-7-8-9-10-11-17-14(16)12-13(2)15;/h2*12H,3-11H2,1-2H3;/q2*-1;+2. The Morgan fingerprint density at radius 3 is 1.00 bits per heavy atom. The van der Waals surface area contributed by atoms with Gasteiger partial charge in [0, 0.05) is 11.6 Å². The van der Waals surface area contributed by atoms with E-state index in [1.165, 1.54) is 90.9 Å². The van der Waals surface area contributed by atoms with Crippen LogP contribution in [-0.4, -0.2) is 36.7 Å². The molecular formula is C28H50NiO6. The molecule has 0 saturated carbocycles. The van der Waals surface area contributed by atoms with E-state index in [0.717, 1.165) is 38.5 Å². The van der Waals surface area contributed by atoms with Crippen LogP contribution in [0.2, 0.25) is 0 Å². The van der Waals surface area contributed by atoms with E-state index in [9.17, 15) is 19.2 Å². The number of carbonyl (C=O) groups excluding carboxylic acids is 4. The first-order chi connectivity index (χ1) is 16.3. The molecule has 0 heterocycles. The van der Waals surface area contributed by atoms with E-state index in [-0.39, 0.29) is 28.1 Å². The van der Waals surface area contributed by atoms with Crippen molar-refractivity contribution in [3.05, 3.63) is 12.8 Å². The van der Waals surface area contributed by atoms with Crippen molar-refractivity contribution in [3.63, 3.8) is 0 Å². The molecule has 0 aliphatic heterocycles. The van der Waals surface area contributed by atoms with E-state index in [2.05, 4.69) is 13.8 Å². The Morgan fingerprint density at radius 2 is 0.743 bits per heavy atom. The van der Waals surface area contributed by atoms with Crippen LogP contribution in [-0.2, 0) is 45.1 Å². The summed E-state index contributed by atoms with van der Waals surface area (Å²) >= 11 is 0. The minimum Gasteiger partial charge on any atom is -0.488 e. The predicted octanol–water partition coefficient (Wildman–Crippen LogP) is 6.92. The summed E-state index contributed by atoms with van der Waals surface area (Å²) in [5.74, 6) is -1.54. The van der Waals surface area contributed by atoms with Crippen LogP contribution in [0.15, 0.2) is 0 Å². The number of hydrogen-bond acceptors (Lipinski definition) is 6. The van der Waals surface area contributed by atoms with Gasteiger partial charge in [-0.25, -0.2) is 12.8 Å². The van der Waals surface area contributed by atoms with Gasteiger partial charge in [-0.05, 0) is 26.7 Å². The Kier molecular flexibility index (Phi) is 33.2. The normalized spacial score (nSPS) is 9.71. The van der Waals surface area contributed by atoms with Gasteiger partial charge in [-0.3, -0.25) is 9.59 Å². The molecule has 7 heteroatoms. The van der Waals surface area contributed by atoms with Crippen LogP contribution in [0.1, 0.15) is 130 Å². The molecule has 208 valence electrons. The Bertz CT molecular complexity index is 476. The van der Waals surface area contributed by atoms with Crippen molar-refractivity contribution < 1.29 is 45.1 Å². The molecule has 0 atom stereocenters. The molecule has 0 fully saturated rings. The summed E-state index contributed by atoms with van der Waals surface area (Å²) in [5.41, 5.74) is 0. The maximum atomic E-state index is 11.0. The molecule has 0 aromatic rings. The largest absolute Gasteiger partial charge is 2.00 e. The van der Waals surface area contributed by atoms with Crippen molar-refractivity contribution in [3.8, 4) is 0 Å². The van der Waals surface area contributed by atoms with Crippen LogP contribution >= 0.6 is 0 Å². The number of esters is 2. The van der Waals surface area contributed by atoms with Gasteiger partial charge in [-0.15, -0.1) is 0 Å². The van der Waals surface area contributed by atoms with E-state index in [0.29, 0.717) is 13.2 Å². The monoisotopic (exact) mass is 540 g/mol. The van der Waals surface area contributed by atoms with E-state index >= 15 is 0 Å². The average molecular weight is 541 g/mol. The van der Waals surface area contributed by atoms with Crippen LogP contribution in [0.3, 0.4) is 0 Å². The fourth-order valence-corrected chi connectivity index (χ4v) is 3.23. The average Bonchev–Trinajstić information content (AvgIpc) is 2.76. The first-order valence-electron chi connectivity index (χ1n) is 13.4. The van der Waals surface area contributed by atoms with Crippen LogP contribution in [0, 0.1) is 12.8 Å². The fourth-order valence-electron chi connectivity index (χ4n) is 3.23. The van der Waals surface area contributed by atoms with Crippen LogP contribution in [0.4, 0.5) is 0 Å². The van der Waals surface area contributed by atoms with Crippen LogP contribution in [0.25, 0.3) is 0 Å². The van der Waals surface area contributed by atoms with Gasteiger partial charge >= 0.3 is 16.5 Å². The van der Waals surface area contributed by atoms with Gasteiger partial charge in [-0.2, -0.15) is 0 Å². The van der Waals surface area contributed by atoms with Gasteiger partial charge in [0.2, 0.25) is 0 Å². The molecule has 35 heavy (non-hydrogen) atoms. The molecule has 0 aromatic heterocycles. The second-order valence-corrected chi connectivity index (χ2v) is 8.79. The maximum absolute atomic E-state index is 11.0. The second kappa shape index (κ2) is 30.5. The van der Waals surface area contributed by atoms with Crippen molar-refractivity contribution >= 4 is 23.5 Å². The van der Waals surface area contributed by atoms with Gasteiger partial charge < -0.3 is 19.1 Å². The summed E-state index contributed by atoms with van der Waals surface area (Å²) in [5, 5.41) is 0. The number of unbranched alkanes of at least 4 members (excludes halogenated alkanes) is 14. The van der Waals surface area contributed by atoms with Gasteiger partial charge in [0.05, 0.1) is 13.2 Å².